The van der Waals surface area contributed by atoms with E-state index in [1.165, 1.54) is 0 Å². The van der Waals surface area contributed by atoms with Crippen molar-refractivity contribution in [2.24, 2.45) is 0 Å². The number of carbonyl (C=O) groups excluding carboxylic acids is 1. The van der Waals surface area contributed by atoms with Crippen LogP contribution in [0.2, 0.25) is 0 Å². The van der Waals surface area contributed by atoms with Crippen LogP contribution in [-0.2, 0) is 4.74 Å². The molecule has 0 saturated heterocycles. The van der Waals surface area contributed by atoms with Crippen molar-refractivity contribution in [3.63, 3.8) is 0 Å². The summed E-state index contributed by atoms with van der Waals surface area (Å²) in [7, 11) is 0. The molecule has 3 nitrogen and oxygen atoms in total. The normalized spacial score (nSPS) is 11.3. The molecule has 3 heteroatoms. The van der Waals surface area contributed by atoms with E-state index < -0.39 is 5.60 Å². The van der Waals surface area contributed by atoms with Crippen molar-refractivity contribution in [3.05, 3.63) is 28.8 Å². The molecule has 88 valence electrons. The molecule has 1 aromatic rings. The second-order valence-corrected chi connectivity index (χ2v) is 4.99. The van der Waals surface area contributed by atoms with Gasteiger partial charge in [-0.05, 0) is 45.7 Å². The topological polar surface area (TPSA) is 52.3 Å². The first-order valence-corrected chi connectivity index (χ1v) is 5.31. The lowest BCUT2D eigenvalue weighted by Gasteiger charge is -2.21. The molecule has 0 aromatic heterocycles. The summed E-state index contributed by atoms with van der Waals surface area (Å²) < 4.78 is 5.32. The third-order valence-electron chi connectivity index (χ3n) is 2.27. The summed E-state index contributed by atoms with van der Waals surface area (Å²) in [5.74, 6) is -0.355. The number of benzene rings is 1. The molecule has 0 amide bonds. The summed E-state index contributed by atoms with van der Waals surface area (Å²) in [4.78, 5) is 12.0. The van der Waals surface area contributed by atoms with Crippen LogP contribution in [0.15, 0.2) is 12.1 Å². The monoisotopic (exact) mass is 221 g/mol. The zero-order chi connectivity index (χ0) is 12.5. The van der Waals surface area contributed by atoms with E-state index in [0.717, 1.165) is 11.1 Å². The molecule has 0 bridgehead atoms. The zero-order valence-corrected chi connectivity index (χ0v) is 10.5. The fourth-order valence-corrected chi connectivity index (χ4v) is 1.43. The molecular formula is C13H19NO2. The van der Waals surface area contributed by atoms with Gasteiger partial charge in [-0.15, -0.1) is 0 Å². The molecule has 0 radical (unpaired) electrons. The molecule has 0 heterocycles. The van der Waals surface area contributed by atoms with Crippen molar-refractivity contribution >= 4 is 11.7 Å². The van der Waals surface area contributed by atoms with Crippen LogP contribution >= 0.6 is 0 Å². The van der Waals surface area contributed by atoms with E-state index in [-0.39, 0.29) is 5.97 Å². The molecule has 0 aliphatic carbocycles. The van der Waals surface area contributed by atoms with Crippen LogP contribution in [0.5, 0.6) is 0 Å². The minimum absolute atomic E-state index is 0.355. The second kappa shape index (κ2) is 4.16. The van der Waals surface area contributed by atoms with E-state index in [1.54, 1.807) is 0 Å². The second-order valence-electron chi connectivity index (χ2n) is 4.99. The Bertz CT molecular complexity index is 417. The minimum atomic E-state index is -0.500. The molecule has 0 saturated carbocycles. The number of hydrogen-bond acceptors (Lipinski definition) is 3. The lowest BCUT2D eigenvalue weighted by atomic mass is 10.0. The SMILES string of the molecule is Cc1ccc(C)c(C(=O)OC(C)(C)C)c1N. The highest BCUT2D eigenvalue weighted by molar-refractivity contribution is 5.97. The quantitative estimate of drug-likeness (QED) is 0.586. The summed E-state index contributed by atoms with van der Waals surface area (Å²) in [5.41, 5.74) is 8.13. The van der Waals surface area contributed by atoms with Crippen molar-refractivity contribution in [2.75, 3.05) is 5.73 Å². The van der Waals surface area contributed by atoms with Crippen LogP contribution in [0.3, 0.4) is 0 Å². The highest BCUT2D eigenvalue weighted by Gasteiger charge is 2.21. The predicted octanol–water partition coefficient (Wildman–Crippen LogP) is 2.84. The molecule has 0 aliphatic rings. The van der Waals surface area contributed by atoms with Crippen molar-refractivity contribution in [2.45, 2.75) is 40.2 Å². The fraction of sp³-hybridized carbons (Fsp3) is 0.462. The number of esters is 1. The Morgan fingerprint density at radius 2 is 1.69 bits per heavy atom. The molecule has 1 aromatic carbocycles. The molecule has 0 atom stereocenters. The van der Waals surface area contributed by atoms with E-state index in [0.29, 0.717) is 11.3 Å². The number of aryl methyl sites for hydroxylation is 2. The molecule has 0 fully saturated rings. The molecule has 0 unspecified atom stereocenters. The predicted molar refractivity (Wildman–Crippen MR) is 65.5 cm³/mol. The number of hydrogen-bond donors (Lipinski definition) is 1. The maximum atomic E-state index is 12.0. The number of rotatable bonds is 1. The number of anilines is 1. The van der Waals surface area contributed by atoms with E-state index in [2.05, 4.69) is 0 Å². The Labute approximate surface area is 96.6 Å². The van der Waals surface area contributed by atoms with Gasteiger partial charge in [0.1, 0.15) is 5.60 Å². The highest BCUT2D eigenvalue weighted by atomic mass is 16.6. The zero-order valence-electron chi connectivity index (χ0n) is 10.5. The highest BCUT2D eigenvalue weighted by Crippen LogP contribution is 2.23. The molecule has 2 N–H and O–H groups in total. The van der Waals surface area contributed by atoms with E-state index >= 15 is 0 Å². The van der Waals surface area contributed by atoms with Crippen LogP contribution in [0.4, 0.5) is 5.69 Å². The third-order valence-corrected chi connectivity index (χ3v) is 2.27. The van der Waals surface area contributed by atoms with Gasteiger partial charge >= 0.3 is 5.97 Å². The Morgan fingerprint density at radius 1 is 1.19 bits per heavy atom. The first-order chi connectivity index (χ1) is 7.22. The van der Waals surface area contributed by atoms with Gasteiger partial charge in [0.25, 0.3) is 0 Å². The van der Waals surface area contributed by atoms with Crippen LogP contribution in [0.1, 0.15) is 42.3 Å². The molecule has 16 heavy (non-hydrogen) atoms. The molecule has 1 rings (SSSR count). The van der Waals surface area contributed by atoms with Crippen LogP contribution in [0, 0.1) is 13.8 Å². The lowest BCUT2D eigenvalue weighted by molar-refractivity contribution is 0.00700. The maximum Gasteiger partial charge on any atom is 0.341 e. The van der Waals surface area contributed by atoms with E-state index in [9.17, 15) is 4.79 Å². The number of nitrogen functional groups attached to an aromatic ring is 1. The van der Waals surface area contributed by atoms with Gasteiger partial charge in [0.2, 0.25) is 0 Å². The third kappa shape index (κ3) is 2.75. The standard InChI is InChI=1S/C13H19NO2/c1-8-6-7-9(2)11(14)10(8)12(15)16-13(3,4)5/h6-7H,14H2,1-5H3. The van der Waals surface area contributed by atoms with Gasteiger partial charge in [0, 0.05) is 5.69 Å². The fourth-order valence-electron chi connectivity index (χ4n) is 1.43. The lowest BCUT2D eigenvalue weighted by Crippen LogP contribution is -2.25. The first kappa shape index (κ1) is 12.6. The van der Waals surface area contributed by atoms with Gasteiger partial charge in [-0.3, -0.25) is 0 Å². The Hall–Kier alpha value is -1.51. The van der Waals surface area contributed by atoms with Gasteiger partial charge < -0.3 is 10.5 Å². The van der Waals surface area contributed by atoms with Gasteiger partial charge in [-0.25, -0.2) is 4.79 Å². The number of nitrogens with two attached hydrogens (primary N) is 1. The average Bonchev–Trinajstić information content (AvgIpc) is 2.09. The molecule has 0 aliphatic heterocycles. The number of carbonyl (C=O) groups is 1. The van der Waals surface area contributed by atoms with Crippen LogP contribution < -0.4 is 5.73 Å². The summed E-state index contributed by atoms with van der Waals surface area (Å²) >= 11 is 0. The van der Waals surface area contributed by atoms with Gasteiger partial charge in [-0.1, -0.05) is 12.1 Å². The van der Waals surface area contributed by atoms with Crippen molar-refractivity contribution in [1.29, 1.82) is 0 Å². The van der Waals surface area contributed by atoms with Gasteiger partial charge in [0.05, 0.1) is 5.56 Å². The van der Waals surface area contributed by atoms with Crippen molar-refractivity contribution in [1.82, 2.24) is 0 Å². The van der Waals surface area contributed by atoms with E-state index in [1.807, 2.05) is 46.8 Å². The summed E-state index contributed by atoms with van der Waals surface area (Å²) in [6.07, 6.45) is 0. The summed E-state index contributed by atoms with van der Waals surface area (Å²) in [5, 5.41) is 0. The van der Waals surface area contributed by atoms with E-state index in [4.69, 9.17) is 10.5 Å². The smallest absolute Gasteiger partial charge is 0.341 e. The van der Waals surface area contributed by atoms with Crippen molar-refractivity contribution < 1.29 is 9.53 Å². The Balaban J connectivity index is 3.14. The Morgan fingerprint density at radius 3 is 2.19 bits per heavy atom. The molecular weight excluding hydrogens is 202 g/mol. The first-order valence-electron chi connectivity index (χ1n) is 5.31. The van der Waals surface area contributed by atoms with Gasteiger partial charge in [-0.2, -0.15) is 0 Å². The average molecular weight is 221 g/mol. The molecule has 0 spiro atoms. The summed E-state index contributed by atoms with van der Waals surface area (Å²) in [6.45, 7) is 9.25. The van der Waals surface area contributed by atoms with Gasteiger partial charge in [0.15, 0.2) is 0 Å². The summed E-state index contributed by atoms with van der Waals surface area (Å²) in [6, 6.07) is 3.78. The largest absolute Gasteiger partial charge is 0.456 e. The number of ether oxygens (including phenoxy) is 1. The van der Waals surface area contributed by atoms with Crippen molar-refractivity contribution in [3.8, 4) is 0 Å². The maximum absolute atomic E-state index is 12.0. The van der Waals surface area contributed by atoms with Crippen LogP contribution in [-0.4, -0.2) is 11.6 Å². The van der Waals surface area contributed by atoms with Crippen LogP contribution in [0.25, 0.3) is 0 Å². The minimum Gasteiger partial charge on any atom is -0.456 e. The Kier molecular flexibility index (Phi) is 3.27.